The molecule has 1 aliphatic rings. The molecule has 92 valence electrons. The third-order valence-electron chi connectivity index (χ3n) is 3.20. The molecule has 1 aromatic heterocycles. The van der Waals surface area contributed by atoms with Gasteiger partial charge in [-0.05, 0) is 18.4 Å². The van der Waals surface area contributed by atoms with Gasteiger partial charge in [0.25, 0.3) is 0 Å². The highest BCUT2D eigenvalue weighted by atomic mass is 16.2. The Morgan fingerprint density at radius 3 is 2.71 bits per heavy atom. The second kappa shape index (κ2) is 5.72. The number of anilines is 1. The Bertz CT molecular complexity index is 362. The van der Waals surface area contributed by atoms with Crippen molar-refractivity contribution < 1.29 is 4.79 Å². The minimum Gasteiger partial charge on any atom is -0.320 e. The second-order valence-corrected chi connectivity index (χ2v) is 4.55. The molecule has 0 aromatic carbocycles. The van der Waals surface area contributed by atoms with Gasteiger partial charge in [-0.2, -0.15) is 0 Å². The number of carbonyl (C=O) groups is 1. The van der Waals surface area contributed by atoms with Crippen LogP contribution in [0.5, 0.6) is 0 Å². The van der Waals surface area contributed by atoms with E-state index in [-0.39, 0.29) is 5.91 Å². The van der Waals surface area contributed by atoms with Crippen LogP contribution in [0.4, 0.5) is 5.95 Å². The van der Waals surface area contributed by atoms with Gasteiger partial charge in [0.05, 0.1) is 6.04 Å². The van der Waals surface area contributed by atoms with Crippen LogP contribution in [0.1, 0.15) is 32.1 Å². The summed E-state index contributed by atoms with van der Waals surface area (Å²) in [4.78, 5) is 19.7. The van der Waals surface area contributed by atoms with Crippen LogP contribution >= 0.6 is 0 Å². The summed E-state index contributed by atoms with van der Waals surface area (Å²) in [5, 5.41) is 2.63. The molecule has 0 radical (unpaired) electrons. The first-order valence-corrected chi connectivity index (χ1v) is 6.09. The summed E-state index contributed by atoms with van der Waals surface area (Å²) < 4.78 is 0. The molecule has 5 nitrogen and oxygen atoms in total. The zero-order valence-electron chi connectivity index (χ0n) is 9.80. The van der Waals surface area contributed by atoms with E-state index < -0.39 is 6.04 Å². The van der Waals surface area contributed by atoms with Gasteiger partial charge < -0.3 is 5.73 Å². The van der Waals surface area contributed by atoms with Crippen LogP contribution in [-0.4, -0.2) is 21.9 Å². The topological polar surface area (TPSA) is 80.9 Å². The minimum absolute atomic E-state index is 0.192. The molecule has 1 amide bonds. The van der Waals surface area contributed by atoms with Crippen LogP contribution in [-0.2, 0) is 4.79 Å². The average molecular weight is 234 g/mol. The summed E-state index contributed by atoms with van der Waals surface area (Å²) in [6.45, 7) is 0. The molecular formula is C12H18N4O. The highest BCUT2D eigenvalue weighted by molar-refractivity contribution is 5.93. The molecule has 1 heterocycles. The van der Waals surface area contributed by atoms with Gasteiger partial charge in [0, 0.05) is 12.4 Å². The summed E-state index contributed by atoms with van der Waals surface area (Å²) in [6, 6.07) is 1.25. The molecule has 1 fully saturated rings. The van der Waals surface area contributed by atoms with Crippen LogP contribution in [0.15, 0.2) is 18.5 Å². The lowest BCUT2D eigenvalue weighted by molar-refractivity contribution is -0.117. The summed E-state index contributed by atoms with van der Waals surface area (Å²) in [7, 11) is 0. The van der Waals surface area contributed by atoms with Gasteiger partial charge >= 0.3 is 0 Å². The summed E-state index contributed by atoms with van der Waals surface area (Å²) in [5.74, 6) is 0.731. The molecule has 1 aromatic rings. The van der Waals surface area contributed by atoms with Crippen LogP contribution < -0.4 is 11.1 Å². The fourth-order valence-electron chi connectivity index (χ4n) is 2.28. The number of hydrogen-bond donors (Lipinski definition) is 2. The largest absolute Gasteiger partial charge is 0.320 e. The fraction of sp³-hybridized carbons (Fsp3) is 0.583. The molecular weight excluding hydrogens is 216 g/mol. The Balaban J connectivity index is 1.82. The predicted octanol–water partition coefficient (Wildman–Crippen LogP) is 1.32. The molecule has 0 unspecified atom stereocenters. The van der Waals surface area contributed by atoms with E-state index in [1.807, 2.05) is 0 Å². The number of carbonyl (C=O) groups excluding carboxylic acids is 1. The first kappa shape index (κ1) is 12.0. The number of nitrogens with zero attached hydrogens (tertiary/aromatic N) is 2. The molecule has 1 saturated carbocycles. The lowest BCUT2D eigenvalue weighted by atomic mass is 9.98. The lowest BCUT2D eigenvalue weighted by Gasteiger charge is -2.15. The number of nitrogens with two attached hydrogens (primary N) is 1. The van der Waals surface area contributed by atoms with E-state index in [1.54, 1.807) is 18.5 Å². The zero-order chi connectivity index (χ0) is 12.1. The van der Waals surface area contributed by atoms with Gasteiger partial charge in [-0.3, -0.25) is 10.1 Å². The quantitative estimate of drug-likeness (QED) is 0.823. The van der Waals surface area contributed by atoms with Crippen LogP contribution in [0.25, 0.3) is 0 Å². The molecule has 3 N–H and O–H groups in total. The smallest absolute Gasteiger partial charge is 0.243 e. The van der Waals surface area contributed by atoms with Gasteiger partial charge in [0.15, 0.2) is 0 Å². The summed E-state index contributed by atoms with van der Waals surface area (Å²) in [5.41, 5.74) is 5.88. The maximum Gasteiger partial charge on any atom is 0.243 e. The average Bonchev–Trinajstić information content (AvgIpc) is 2.83. The van der Waals surface area contributed by atoms with Crippen molar-refractivity contribution in [1.29, 1.82) is 0 Å². The Labute approximate surface area is 101 Å². The van der Waals surface area contributed by atoms with E-state index in [0.29, 0.717) is 11.9 Å². The van der Waals surface area contributed by atoms with E-state index in [4.69, 9.17) is 5.73 Å². The molecule has 0 aliphatic heterocycles. The highest BCUT2D eigenvalue weighted by Gasteiger charge is 2.22. The van der Waals surface area contributed by atoms with E-state index in [1.165, 1.54) is 25.7 Å². The molecule has 5 heteroatoms. The Hall–Kier alpha value is -1.49. The van der Waals surface area contributed by atoms with Crippen molar-refractivity contribution in [3.63, 3.8) is 0 Å². The molecule has 0 spiro atoms. The summed E-state index contributed by atoms with van der Waals surface area (Å²) >= 11 is 0. The van der Waals surface area contributed by atoms with Crippen LogP contribution in [0, 0.1) is 5.92 Å². The maximum atomic E-state index is 11.8. The number of nitrogens with one attached hydrogen (secondary N) is 1. The lowest BCUT2D eigenvalue weighted by Crippen LogP contribution is -2.37. The Morgan fingerprint density at radius 2 is 2.06 bits per heavy atom. The van der Waals surface area contributed by atoms with Crippen molar-refractivity contribution in [3.05, 3.63) is 18.5 Å². The number of aromatic nitrogens is 2. The minimum atomic E-state index is -0.457. The molecule has 1 aliphatic carbocycles. The normalized spacial score (nSPS) is 17.9. The molecule has 17 heavy (non-hydrogen) atoms. The van der Waals surface area contributed by atoms with Crippen molar-refractivity contribution in [2.75, 3.05) is 5.32 Å². The first-order valence-electron chi connectivity index (χ1n) is 6.09. The van der Waals surface area contributed by atoms with Gasteiger partial charge in [-0.1, -0.05) is 25.7 Å². The maximum absolute atomic E-state index is 11.8. The summed E-state index contributed by atoms with van der Waals surface area (Å²) in [6.07, 6.45) is 8.86. The third kappa shape index (κ3) is 3.49. The molecule has 2 rings (SSSR count). The van der Waals surface area contributed by atoms with E-state index in [0.717, 1.165) is 6.42 Å². The van der Waals surface area contributed by atoms with Crippen molar-refractivity contribution in [3.8, 4) is 0 Å². The first-order chi connectivity index (χ1) is 8.25. The van der Waals surface area contributed by atoms with Gasteiger partial charge in [-0.15, -0.1) is 0 Å². The van der Waals surface area contributed by atoms with Crippen molar-refractivity contribution in [2.24, 2.45) is 11.7 Å². The monoisotopic (exact) mass is 234 g/mol. The molecule has 1 atom stereocenters. The SMILES string of the molecule is N[C@@H](CC1CCCC1)C(=O)Nc1ncccn1. The molecule has 0 bridgehead atoms. The number of amides is 1. The van der Waals surface area contributed by atoms with Crippen LogP contribution in [0.2, 0.25) is 0 Å². The second-order valence-electron chi connectivity index (χ2n) is 4.55. The highest BCUT2D eigenvalue weighted by Crippen LogP contribution is 2.28. The zero-order valence-corrected chi connectivity index (χ0v) is 9.80. The Kier molecular flexibility index (Phi) is 4.03. The molecule has 0 saturated heterocycles. The standard InChI is InChI=1S/C12H18N4O/c13-10(8-9-4-1-2-5-9)11(17)16-12-14-6-3-7-15-12/h3,6-7,9-10H,1-2,4-5,8,13H2,(H,14,15,16,17)/t10-/m0/s1. The fourth-order valence-corrected chi connectivity index (χ4v) is 2.28. The van der Waals surface area contributed by atoms with Gasteiger partial charge in [-0.25, -0.2) is 9.97 Å². The van der Waals surface area contributed by atoms with E-state index >= 15 is 0 Å². The number of hydrogen-bond acceptors (Lipinski definition) is 4. The van der Waals surface area contributed by atoms with E-state index in [9.17, 15) is 4.79 Å². The number of rotatable bonds is 4. The predicted molar refractivity (Wildman–Crippen MR) is 65.2 cm³/mol. The van der Waals surface area contributed by atoms with E-state index in [2.05, 4.69) is 15.3 Å². The van der Waals surface area contributed by atoms with Gasteiger partial charge in [0.1, 0.15) is 0 Å². The third-order valence-corrected chi connectivity index (χ3v) is 3.20. The van der Waals surface area contributed by atoms with Crippen LogP contribution in [0.3, 0.4) is 0 Å². The van der Waals surface area contributed by atoms with Crippen molar-refractivity contribution >= 4 is 11.9 Å². The van der Waals surface area contributed by atoms with Gasteiger partial charge in [0.2, 0.25) is 11.9 Å². The van der Waals surface area contributed by atoms with Crippen molar-refractivity contribution in [1.82, 2.24) is 9.97 Å². The Morgan fingerprint density at radius 1 is 1.41 bits per heavy atom. The van der Waals surface area contributed by atoms with Crippen molar-refractivity contribution in [2.45, 2.75) is 38.1 Å².